The molecule has 106 valence electrons. The molecule has 0 aliphatic carbocycles. The van der Waals surface area contributed by atoms with Crippen molar-refractivity contribution in [2.75, 3.05) is 5.32 Å². The molecule has 0 fully saturated rings. The molecule has 0 aliphatic rings. The van der Waals surface area contributed by atoms with Crippen LogP contribution in [0.4, 0.5) is 5.69 Å². The molecule has 1 aromatic heterocycles. The van der Waals surface area contributed by atoms with Gasteiger partial charge < -0.3 is 5.32 Å². The van der Waals surface area contributed by atoms with E-state index in [4.69, 9.17) is 23.2 Å². The van der Waals surface area contributed by atoms with Gasteiger partial charge in [0.15, 0.2) is 0 Å². The van der Waals surface area contributed by atoms with Crippen molar-refractivity contribution in [1.82, 2.24) is 4.98 Å². The van der Waals surface area contributed by atoms with E-state index >= 15 is 0 Å². The topological polar surface area (TPSA) is 24.9 Å². The van der Waals surface area contributed by atoms with Crippen LogP contribution in [0.15, 0.2) is 48.7 Å². The molecule has 0 aliphatic heterocycles. The lowest BCUT2D eigenvalue weighted by Crippen LogP contribution is -2.02. The van der Waals surface area contributed by atoms with Gasteiger partial charge in [-0.15, -0.1) is 0 Å². The van der Waals surface area contributed by atoms with Crippen LogP contribution in [0.5, 0.6) is 0 Å². The van der Waals surface area contributed by atoms with E-state index in [1.54, 1.807) is 6.20 Å². The smallest absolute Gasteiger partial charge is 0.0934 e. The quantitative estimate of drug-likeness (QED) is 0.693. The van der Waals surface area contributed by atoms with Gasteiger partial charge in [-0.2, -0.15) is 0 Å². The van der Waals surface area contributed by atoms with Crippen LogP contribution in [0.25, 0.3) is 10.9 Å². The van der Waals surface area contributed by atoms with E-state index in [1.165, 1.54) is 5.56 Å². The first-order valence-electron chi connectivity index (χ1n) is 6.66. The largest absolute Gasteiger partial charge is 0.379 e. The van der Waals surface area contributed by atoms with Crippen LogP contribution in [0.3, 0.4) is 0 Å². The molecule has 0 bridgehead atoms. The molecular weight excluding hydrogens is 303 g/mol. The van der Waals surface area contributed by atoms with E-state index in [0.717, 1.165) is 27.2 Å². The Kier molecular flexibility index (Phi) is 4.00. The minimum absolute atomic E-state index is 0.700. The van der Waals surface area contributed by atoms with E-state index in [-0.39, 0.29) is 0 Å². The molecule has 0 saturated carbocycles. The number of aromatic nitrogens is 1. The van der Waals surface area contributed by atoms with Crippen LogP contribution in [0.2, 0.25) is 10.0 Å². The first-order valence-corrected chi connectivity index (χ1v) is 7.42. The van der Waals surface area contributed by atoms with Crippen molar-refractivity contribution in [2.45, 2.75) is 13.5 Å². The van der Waals surface area contributed by atoms with Crippen molar-refractivity contribution in [1.29, 1.82) is 0 Å². The summed E-state index contributed by atoms with van der Waals surface area (Å²) >= 11 is 12.2. The molecule has 21 heavy (non-hydrogen) atoms. The number of nitrogens with one attached hydrogen (secondary N) is 1. The molecule has 0 atom stereocenters. The Hall–Kier alpha value is -1.77. The highest BCUT2D eigenvalue weighted by Gasteiger charge is 2.05. The number of anilines is 1. The zero-order chi connectivity index (χ0) is 14.8. The molecule has 0 amide bonds. The van der Waals surface area contributed by atoms with E-state index in [1.807, 2.05) is 42.5 Å². The molecule has 1 heterocycles. The van der Waals surface area contributed by atoms with Crippen molar-refractivity contribution < 1.29 is 0 Å². The number of benzene rings is 2. The van der Waals surface area contributed by atoms with E-state index in [0.29, 0.717) is 11.6 Å². The van der Waals surface area contributed by atoms with E-state index < -0.39 is 0 Å². The highest BCUT2D eigenvalue weighted by molar-refractivity contribution is 6.32. The number of nitrogens with zero attached hydrogens (tertiary/aromatic N) is 1. The van der Waals surface area contributed by atoms with Crippen molar-refractivity contribution >= 4 is 39.8 Å². The van der Waals surface area contributed by atoms with Gasteiger partial charge in [0.2, 0.25) is 0 Å². The minimum atomic E-state index is 0.700. The first-order chi connectivity index (χ1) is 10.1. The first kappa shape index (κ1) is 14.2. The van der Waals surface area contributed by atoms with Crippen molar-refractivity contribution in [3.05, 3.63) is 69.8 Å². The number of hydrogen-bond acceptors (Lipinski definition) is 2. The van der Waals surface area contributed by atoms with Crippen LogP contribution >= 0.6 is 23.2 Å². The van der Waals surface area contributed by atoms with Gasteiger partial charge in [-0.3, -0.25) is 4.98 Å². The maximum Gasteiger partial charge on any atom is 0.0934 e. The Bertz CT molecular complexity index is 800. The molecule has 0 saturated heterocycles. The molecule has 3 aromatic rings. The Morgan fingerprint density at radius 1 is 1.05 bits per heavy atom. The number of aryl methyl sites for hydroxylation is 1. The fourth-order valence-electron chi connectivity index (χ4n) is 2.34. The molecule has 0 radical (unpaired) electrons. The monoisotopic (exact) mass is 316 g/mol. The lowest BCUT2D eigenvalue weighted by molar-refractivity contribution is 1.12. The van der Waals surface area contributed by atoms with Crippen LogP contribution in [-0.2, 0) is 6.54 Å². The fourth-order valence-corrected chi connectivity index (χ4v) is 2.79. The maximum absolute atomic E-state index is 6.17. The Labute approximate surface area is 133 Å². The van der Waals surface area contributed by atoms with Gasteiger partial charge in [0.05, 0.1) is 11.2 Å². The summed E-state index contributed by atoms with van der Waals surface area (Å²) in [6.45, 7) is 2.76. The third kappa shape index (κ3) is 3.12. The number of halogens is 2. The molecule has 2 nitrogen and oxygen atoms in total. The molecule has 1 N–H and O–H groups in total. The van der Waals surface area contributed by atoms with Crippen molar-refractivity contribution in [2.24, 2.45) is 0 Å². The Morgan fingerprint density at radius 2 is 1.90 bits per heavy atom. The third-order valence-corrected chi connectivity index (χ3v) is 3.90. The van der Waals surface area contributed by atoms with Gasteiger partial charge in [-0.25, -0.2) is 0 Å². The predicted molar refractivity (Wildman–Crippen MR) is 90.3 cm³/mol. The number of pyridine rings is 1. The highest BCUT2D eigenvalue weighted by Crippen LogP contribution is 2.27. The van der Waals surface area contributed by atoms with Gasteiger partial charge in [0.1, 0.15) is 0 Å². The highest BCUT2D eigenvalue weighted by atomic mass is 35.5. The molecule has 0 unspecified atom stereocenters. The second-order valence-corrected chi connectivity index (χ2v) is 5.83. The third-order valence-electron chi connectivity index (χ3n) is 3.44. The molecule has 3 rings (SSSR count). The zero-order valence-electron chi connectivity index (χ0n) is 11.5. The molecule has 0 spiro atoms. The second-order valence-electron chi connectivity index (χ2n) is 4.95. The van der Waals surface area contributed by atoms with Gasteiger partial charge in [0.25, 0.3) is 0 Å². The number of rotatable bonds is 3. The summed E-state index contributed by atoms with van der Waals surface area (Å²) < 4.78 is 0. The van der Waals surface area contributed by atoms with Gasteiger partial charge in [-0.05, 0) is 48.4 Å². The van der Waals surface area contributed by atoms with Crippen molar-refractivity contribution in [3.8, 4) is 0 Å². The molecular formula is C17H14Cl2N2. The van der Waals surface area contributed by atoms with Gasteiger partial charge in [0, 0.05) is 28.2 Å². The van der Waals surface area contributed by atoms with Crippen molar-refractivity contribution in [3.63, 3.8) is 0 Å². The van der Waals surface area contributed by atoms with Crippen LogP contribution < -0.4 is 5.32 Å². The van der Waals surface area contributed by atoms with Gasteiger partial charge >= 0.3 is 0 Å². The fraction of sp³-hybridized carbons (Fsp3) is 0.118. The van der Waals surface area contributed by atoms with E-state index in [9.17, 15) is 0 Å². The zero-order valence-corrected chi connectivity index (χ0v) is 13.0. The summed E-state index contributed by atoms with van der Waals surface area (Å²) in [5.41, 5.74) is 4.22. The maximum atomic E-state index is 6.17. The lowest BCUT2D eigenvalue weighted by atomic mass is 10.1. The number of hydrogen-bond donors (Lipinski definition) is 1. The molecule has 2 aromatic carbocycles. The Morgan fingerprint density at radius 3 is 2.71 bits per heavy atom. The Balaban J connectivity index is 1.91. The number of fused-ring (bicyclic) bond motifs is 1. The SMILES string of the molecule is Cc1cc(Cl)ccc1CNc1cc(Cl)cc2cccnc12. The summed E-state index contributed by atoms with van der Waals surface area (Å²) in [7, 11) is 0. The summed E-state index contributed by atoms with van der Waals surface area (Å²) in [6, 6.07) is 13.6. The molecule has 4 heteroatoms. The summed E-state index contributed by atoms with van der Waals surface area (Å²) in [5.74, 6) is 0. The summed E-state index contributed by atoms with van der Waals surface area (Å²) in [5, 5.41) is 5.90. The summed E-state index contributed by atoms with van der Waals surface area (Å²) in [6.07, 6.45) is 1.79. The van der Waals surface area contributed by atoms with E-state index in [2.05, 4.69) is 17.2 Å². The van der Waals surface area contributed by atoms with Gasteiger partial charge in [-0.1, -0.05) is 35.3 Å². The van der Waals surface area contributed by atoms with Crippen LogP contribution in [-0.4, -0.2) is 4.98 Å². The second kappa shape index (κ2) is 5.92. The average Bonchev–Trinajstić information content (AvgIpc) is 2.46. The average molecular weight is 317 g/mol. The minimum Gasteiger partial charge on any atom is -0.379 e. The predicted octanol–water partition coefficient (Wildman–Crippen LogP) is 5.46. The normalized spacial score (nSPS) is 10.8. The summed E-state index contributed by atoms with van der Waals surface area (Å²) in [4.78, 5) is 4.43. The van der Waals surface area contributed by atoms with Crippen LogP contribution in [0.1, 0.15) is 11.1 Å². The van der Waals surface area contributed by atoms with Crippen LogP contribution in [0, 0.1) is 6.92 Å². The lowest BCUT2D eigenvalue weighted by Gasteiger charge is -2.12. The standard InChI is InChI=1S/C17H14Cl2N2/c1-11-7-14(18)5-4-13(11)10-21-16-9-15(19)8-12-3-2-6-20-17(12)16/h2-9,21H,10H2,1H3.